The molecule has 0 heterocycles. The molecule has 0 spiro atoms. The van der Waals surface area contributed by atoms with E-state index in [1.807, 2.05) is 49.4 Å². The monoisotopic (exact) mass is 384 g/mol. The topological polar surface area (TPSA) is 50.7 Å². The molecule has 142 valence electrons. The quantitative estimate of drug-likeness (QED) is 0.693. The van der Waals surface area contributed by atoms with E-state index in [1.165, 1.54) is 19.3 Å². The van der Waals surface area contributed by atoms with E-state index in [9.17, 15) is 4.79 Å². The highest BCUT2D eigenvalue weighted by atomic mass is 35.5. The highest BCUT2D eigenvalue weighted by Crippen LogP contribution is 2.22. The molecular formula is C22H25ClN2O2. The summed E-state index contributed by atoms with van der Waals surface area (Å²) in [5.74, 6) is 0.619. The number of aryl methyl sites for hydroxylation is 1. The minimum atomic E-state index is -0.0520. The van der Waals surface area contributed by atoms with Crippen LogP contribution in [0.25, 0.3) is 0 Å². The molecule has 3 rings (SSSR count). The highest BCUT2D eigenvalue weighted by Gasteiger charge is 2.15. The van der Waals surface area contributed by atoms with Crippen LogP contribution in [-0.4, -0.2) is 24.8 Å². The van der Waals surface area contributed by atoms with Crippen molar-refractivity contribution in [3.05, 3.63) is 58.6 Å². The Morgan fingerprint density at radius 1 is 1.19 bits per heavy atom. The lowest BCUT2D eigenvalue weighted by molar-refractivity contribution is -0.124. The molecule has 2 aromatic carbocycles. The van der Waals surface area contributed by atoms with Crippen LogP contribution in [-0.2, 0) is 4.79 Å². The fourth-order valence-corrected chi connectivity index (χ4v) is 3.30. The van der Waals surface area contributed by atoms with Gasteiger partial charge in [-0.15, -0.1) is 0 Å². The molecule has 1 aliphatic rings. The van der Waals surface area contributed by atoms with Crippen LogP contribution in [0.3, 0.4) is 0 Å². The molecule has 2 aromatic rings. The molecule has 0 saturated heterocycles. The van der Waals surface area contributed by atoms with Crippen LogP contribution < -0.4 is 10.1 Å². The standard InChI is InChI=1S/C22H25ClN2O2/c1-16-7-10-19(13-21(16)23)24-14-17-8-11-20(12-9-17)27-15-22(26)25-18-5-3-2-4-6-18/h7-14,18H,2-6,15H2,1H3,(H,25,26). The first kappa shape index (κ1) is 19.4. The van der Waals surface area contributed by atoms with E-state index in [2.05, 4.69) is 10.3 Å². The summed E-state index contributed by atoms with van der Waals surface area (Å²) in [6.45, 7) is 2.01. The maximum atomic E-state index is 12.0. The van der Waals surface area contributed by atoms with Gasteiger partial charge in [-0.25, -0.2) is 0 Å². The lowest BCUT2D eigenvalue weighted by Crippen LogP contribution is -2.38. The Kier molecular flexibility index (Phi) is 6.88. The molecule has 1 fully saturated rings. The van der Waals surface area contributed by atoms with Gasteiger partial charge in [0.15, 0.2) is 6.61 Å². The number of amides is 1. The Labute approximate surface area is 165 Å². The highest BCUT2D eigenvalue weighted by molar-refractivity contribution is 6.31. The van der Waals surface area contributed by atoms with Crippen molar-refractivity contribution in [3.63, 3.8) is 0 Å². The van der Waals surface area contributed by atoms with E-state index in [-0.39, 0.29) is 12.5 Å². The molecule has 1 amide bonds. The third kappa shape index (κ3) is 6.10. The molecule has 1 saturated carbocycles. The van der Waals surface area contributed by atoms with Gasteiger partial charge in [0.05, 0.1) is 5.69 Å². The Hall–Kier alpha value is -2.33. The molecule has 0 aromatic heterocycles. The average molecular weight is 385 g/mol. The number of aliphatic imine (C=N–C) groups is 1. The van der Waals surface area contributed by atoms with Gasteiger partial charge < -0.3 is 10.1 Å². The maximum Gasteiger partial charge on any atom is 0.258 e. The third-order valence-corrected chi connectivity index (χ3v) is 5.15. The van der Waals surface area contributed by atoms with E-state index in [4.69, 9.17) is 16.3 Å². The van der Waals surface area contributed by atoms with Crippen molar-refractivity contribution in [2.75, 3.05) is 6.61 Å². The van der Waals surface area contributed by atoms with Crippen LogP contribution >= 0.6 is 11.6 Å². The summed E-state index contributed by atoms with van der Waals surface area (Å²) in [5, 5.41) is 3.76. The van der Waals surface area contributed by atoms with E-state index in [0.29, 0.717) is 16.8 Å². The third-order valence-electron chi connectivity index (χ3n) is 4.74. The number of nitrogens with zero attached hydrogens (tertiary/aromatic N) is 1. The van der Waals surface area contributed by atoms with E-state index >= 15 is 0 Å². The van der Waals surface area contributed by atoms with E-state index in [0.717, 1.165) is 29.7 Å². The summed E-state index contributed by atoms with van der Waals surface area (Å²) >= 11 is 6.12. The first-order chi connectivity index (χ1) is 13.1. The average Bonchev–Trinajstić information content (AvgIpc) is 2.69. The Morgan fingerprint density at radius 2 is 1.93 bits per heavy atom. The second-order valence-corrected chi connectivity index (χ2v) is 7.36. The van der Waals surface area contributed by atoms with Crippen LogP contribution in [0.2, 0.25) is 5.02 Å². The molecular weight excluding hydrogens is 360 g/mol. The molecule has 1 N–H and O–H groups in total. The van der Waals surface area contributed by atoms with Gasteiger partial charge in [-0.2, -0.15) is 0 Å². The van der Waals surface area contributed by atoms with Gasteiger partial charge in [0, 0.05) is 17.3 Å². The Morgan fingerprint density at radius 3 is 2.63 bits per heavy atom. The first-order valence-electron chi connectivity index (χ1n) is 9.42. The predicted octanol–water partition coefficient (Wildman–Crippen LogP) is 5.23. The van der Waals surface area contributed by atoms with Crippen LogP contribution in [0.4, 0.5) is 5.69 Å². The van der Waals surface area contributed by atoms with Gasteiger partial charge in [0.1, 0.15) is 5.75 Å². The molecule has 4 nitrogen and oxygen atoms in total. The van der Waals surface area contributed by atoms with E-state index in [1.54, 1.807) is 6.21 Å². The largest absolute Gasteiger partial charge is 0.484 e. The number of nitrogens with one attached hydrogen (secondary N) is 1. The van der Waals surface area contributed by atoms with Crippen LogP contribution in [0.5, 0.6) is 5.75 Å². The van der Waals surface area contributed by atoms with Crippen molar-refractivity contribution >= 4 is 29.4 Å². The molecule has 0 atom stereocenters. The van der Waals surface area contributed by atoms with Gasteiger partial charge >= 0.3 is 0 Å². The first-order valence-corrected chi connectivity index (χ1v) is 9.80. The zero-order valence-electron chi connectivity index (χ0n) is 15.6. The lowest BCUT2D eigenvalue weighted by atomic mass is 9.95. The van der Waals surface area contributed by atoms with Crippen molar-refractivity contribution in [1.82, 2.24) is 5.32 Å². The fourth-order valence-electron chi connectivity index (χ4n) is 3.13. The molecule has 1 aliphatic carbocycles. The lowest BCUT2D eigenvalue weighted by Gasteiger charge is -2.22. The number of rotatable bonds is 6. The number of ether oxygens (including phenoxy) is 1. The minimum Gasteiger partial charge on any atom is -0.484 e. The summed E-state index contributed by atoms with van der Waals surface area (Å²) < 4.78 is 5.58. The number of hydrogen-bond acceptors (Lipinski definition) is 3. The van der Waals surface area contributed by atoms with Crippen molar-refractivity contribution < 1.29 is 9.53 Å². The van der Waals surface area contributed by atoms with Crippen molar-refractivity contribution in [3.8, 4) is 5.75 Å². The normalized spacial score (nSPS) is 15.0. The molecule has 0 bridgehead atoms. The van der Waals surface area contributed by atoms with Gasteiger partial charge in [0.25, 0.3) is 5.91 Å². The van der Waals surface area contributed by atoms with Gasteiger partial charge in [-0.3, -0.25) is 9.79 Å². The van der Waals surface area contributed by atoms with Crippen molar-refractivity contribution in [2.24, 2.45) is 4.99 Å². The van der Waals surface area contributed by atoms with Crippen LogP contribution in [0.15, 0.2) is 47.5 Å². The molecule has 0 radical (unpaired) electrons. The van der Waals surface area contributed by atoms with Crippen molar-refractivity contribution in [2.45, 2.75) is 45.1 Å². The van der Waals surface area contributed by atoms with E-state index < -0.39 is 0 Å². The van der Waals surface area contributed by atoms with Gasteiger partial charge in [-0.1, -0.05) is 36.9 Å². The SMILES string of the molecule is Cc1ccc(N=Cc2ccc(OCC(=O)NC3CCCCC3)cc2)cc1Cl. The Bertz CT molecular complexity index is 796. The van der Waals surface area contributed by atoms with Crippen LogP contribution in [0, 0.1) is 6.92 Å². The van der Waals surface area contributed by atoms with Crippen molar-refractivity contribution in [1.29, 1.82) is 0 Å². The number of carbonyl (C=O) groups is 1. The molecule has 27 heavy (non-hydrogen) atoms. The van der Waals surface area contributed by atoms with Crippen LogP contribution in [0.1, 0.15) is 43.2 Å². The zero-order valence-corrected chi connectivity index (χ0v) is 16.3. The van der Waals surface area contributed by atoms with Gasteiger partial charge in [-0.05, 0) is 67.3 Å². The smallest absolute Gasteiger partial charge is 0.258 e. The second-order valence-electron chi connectivity index (χ2n) is 6.95. The van der Waals surface area contributed by atoms with Gasteiger partial charge in [0.2, 0.25) is 0 Å². The summed E-state index contributed by atoms with van der Waals surface area (Å²) in [7, 11) is 0. The second kappa shape index (κ2) is 9.56. The summed E-state index contributed by atoms with van der Waals surface area (Å²) in [6, 6.07) is 13.5. The fraction of sp³-hybridized carbons (Fsp3) is 0.364. The maximum absolute atomic E-state index is 12.0. The number of halogens is 1. The summed E-state index contributed by atoms with van der Waals surface area (Å²) in [5.41, 5.74) is 2.79. The molecule has 5 heteroatoms. The molecule has 0 unspecified atom stereocenters. The molecule has 0 aliphatic heterocycles. The summed E-state index contributed by atoms with van der Waals surface area (Å²) in [4.78, 5) is 16.4. The summed E-state index contributed by atoms with van der Waals surface area (Å²) in [6.07, 6.45) is 7.60. The number of benzene rings is 2. The number of hydrogen-bond donors (Lipinski definition) is 1. The predicted molar refractivity (Wildman–Crippen MR) is 110 cm³/mol. The minimum absolute atomic E-state index is 0.0474. The zero-order chi connectivity index (χ0) is 19.1. The number of carbonyl (C=O) groups excluding carboxylic acids is 1. The Balaban J connectivity index is 1.48.